The van der Waals surface area contributed by atoms with E-state index in [1.165, 1.54) is 0 Å². The lowest BCUT2D eigenvalue weighted by Crippen LogP contribution is -2.07. The van der Waals surface area contributed by atoms with Gasteiger partial charge in [0.25, 0.3) is 0 Å². The number of benzene rings is 1. The molecule has 2 N–H and O–H groups in total. The van der Waals surface area contributed by atoms with Gasteiger partial charge in [-0.3, -0.25) is 4.68 Å². The van der Waals surface area contributed by atoms with Crippen LogP contribution in [0.3, 0.4) is 0 Å². The largest absolute Gasteiger partial charge is 0.488 e. The minimum absolute atomic E-state index is 0.401. The van der Waals surface area contributed by atoms with Gasteiger partial charge in [-0.2, -0.15) is 5.10 Å². The molecule has 0 spiro atoms. The van der Waals surface area contributed by atoms with Gasteiger partial charge in [0.2, 0.25) is 0 Å². The minimum atomic E-state index is 0.401. The number of rotatable bonds is 5. The molecule has 1 aromatic carbocycles. The number of halogens is 2. The quantitative estimate of drug-likeness (QED) is 0.873. The second-order valence-electron chi connectivity index (χ2n) is 5.02. The molecule has 2 rings (SSSR count). The highest BCUT2D eigenvalue weighted by atomic mass is 79.9. The van der Waals surface area contributed by atoms with Crippen molar-refractivity contribution in [2.24, 2.45) is 12.8 Å². The summed E-state index contributed by atoms with van der Waals surface area (Å²) < 4.78 is 8.71. The monoisotopic (exact) mass is 371 g/mol. The Kier molecular flexibility index (Phi) is 5.30. The minimum Gasteiger partial charge on any atom is -0.488 e. The van der Waals surface area contributed by atoms with E-state index in [-0.39, 0.29) is 0 Å². The molecule has 0 bridgehead atoms. The van der Waals surface area contributed by atoms with Crippen LogP contribution in [0.4, 0.5) is 0 Å². The summed E-state index contributed by atoms with van der Waals surface area (Å²) >= 11 is 9.75. The van der Waals surface area contributed by atoms with Gasteiger partial charge < -0.3 is 10.5 Å². The summed E-state index contributed by atoms with van der Waals surface area (Å²) in [5.74, 6) is 0.878. The zero-order chi connectivity index (χ0) is 15.6. The average Bonchev–Trinajstić information content (AvgIpc) is 2.64. The number of hydrogen-bond donors (Lipinski definition) is 1. The van der Waals surface area contributed by atoms with E-state index in [9.17, 15) is 0 Å². The molecule has 0 atom stereocenters. The predicted molar refractivity (Wildman–Crippen MR) is 88.9 cm³/mol. The molecule has 0 amide bonds. The summed E-state index contributed by atoms with van der Waals surface area (Å²) in [6.07, 6.45) is 0.773. The summed E-state index contributed by atoms with van der Waals surface area (Å²) in [4.78, 5) is 0. The Hall–Kier alpha value is -1.04. The summed E-state index contributed by atoms with van der Waals surface area (Å²) in [6, 6.07) is 4.08. The van der Waals surface area contributed by atoms with E-state index in [0.717, 1.165) is 39.0 Å². The Morgan fingerprint density at radius 1 is 1.38 bits per heavy atom. The van der Waals surface area contributed by atoms with Crippen molar-refractivity contribution >= 4 is 27.5 Å². The maximum absolute atomic E-state index is 6.24. The highest BCUT2D eigenvalue weighted by Gasteiger charge is 2.14. The zero-order valence-electron chi connectivity index (χ0n) is 12.4. The van der Waals surface area contributed by atoms with Crippen molar-refractivity contribution in [1.29, 1.82) is 0 Å². The first-order chi connectivity index (χ1) is 9.93. The van der Waals surface area contributed by atoms with Crippen LogP contribution in [0.2, 0.25) is 5.15 Å². The molecular weight excluding hydrogens is 354 g/mol. The van der Waals surface area contributed by atoms with Gasteiger partial charge in [0.05, 0.1) is 5.69 Å². The predicted octanol–water partition coefficient (Wildman–Crippen LogP) is 3.53. The van der Waals surface area contributed by atoms with Crippen LogP contribution >= 0.6 is 27.5 Å². The number of aromatic nitrogens is 2. The Balaban J connectivity index is 2.27. The van der Waals surface area contributed by atoms with Gasteiger partial charge in [0.1, 0.15) is 17.5 Å². The molecule has 114 valence electrons. The second kappa shape index (κ2) is 6.81. The molecule has 6 heteroatoms. The van der Waals surface area contributed by atoms with Gasteiger partial charge in [-0.15, -0.1) is 0 Å². The van der Waals surface area contributed by atoms with Crippen LogP contribution in [0.15, 0.2) is 16.6 Å². The van der Waals surface area contributed by atoms with E-state index in [1.54, 1.807) is 4.68 Å². The van der Waals surface area contributed by atoms with Gasteiger partial charge in [0, 0.05) is 17.1 Å². The number of ether oxygens (including phenoxy) is 1. The van der Waals surface area contributed by atoms with E-state index in [1.807, 2.05) is 33.0 Å². The fraction of sp³-hybridized carbons (Fsp3) is 0.400. The first-order valence-corrected chi connectivity index (χ1v) is 7.91. The molecule has 0 radical (unpaired) electrons. The Morgan fingerprint density at radius 3 is 2.67 bits per heavy atom. The lowest BCUT2D eigenvalue weighted by Gasteiger charge is -2.14. The molecule has 0 unspecified atom stereocenters. The summed E-state index contributed by atoms with van der Waals surface area (Å²) in [7, 11) is 1.82. The van der Waals surface area contributed by atoms with E-state index in [2.05, 4.69) is 21.0 Å². The van der Waals surface area contributed by atoms with Crippen molar-refractivity contribution in [3.05, 3.63) is 44.1 Å². The second-order valence-corrected chi connectivity index (χ2v) is 6.29. The van der Waals surface area contributed by atoms with Crippen molar-refractivity contribution in [2.45, 2.75) is 26.9 Å². The SMILES string of the molecule is Cc1cc(Br)cc(CCN)c1OCc1c(C)nn(C)c1Cl. The van der Waals surface area contributed by atoms with E-state index in [0.29, 0.717) is 18.3 Å². The van der Waals surface area contributed by atoms with Gasteiger partial charge >= 0.3 is 0 Å². The summed E-state index contributed by atoms with van der Waals surface area (Å²) in [5, 5.41) is 4.91. The van der Waals surface area contributed by atoms with Crippen molar-refractivity contribution in [3.8, 4) is 5.75 Å². The first-order valence-electron chi connectivity index (χ1n) is 6.74. The van der Waals surface area contributed by atoms with Crippen molar-refractivity contribution in [1.82, 2.24) is 9.78 Å². The molecule has 2 aromatic rings. The topological polar surface area (TPSA) is 53.1 Å². The van der Waals surface area contributed by atoms with Crippen LogP contribution in [0.5, 0.6) is 5.75 Å². The molecule has 0 aliphatic heterocycles. The molecule has 1 aromatic heterocycles. The number of hydrogen-bond acceptors (Lipinski definition) is 3. The number of nitrogens with two attached hydrogens (primary N) is 1. The third-order valence-corrected chi connectivity index (χ3v) is 4.29. The molecular formula is C15H19BrClN3O. The van der Waals surface area contributed by atoms with Crippen LogP contribution in [-0.4, -0.2) is 16.3 Å². The van der Waals surface area contributed by atoms with Gasteiger partial charge in [0.15, 0.2) is 0 Å². The average molecular weight is 373 g/mol. The Bertz CT molecular complexity index is 655. The van der Waals surface area contributed by atoms with Crippen LogP contribution in [0.25, 0.3) is 0 Å². The fourth-order valence-corrected chi connectivity index (χ4v) is 3.18. The molecule has 0 fully saturated rings. The zero-order valence-corrected chi connectivity index (χ0v) is 14.8. The summed E-state index contributed by atoms with van der Waals surface area (Å²) in [6.45, 7) is 4.94. The molecule has 0 saturated carbocycles. The van der Waals surface area contributed by atoms with Crippen LogP contribution < -0.4 is 10.5 Å². The van der Waals surface area contributed by atoms with Gasteiger partial charge in [-0.05, 0) is 50.1 Å². The standard InChI is InChI=1S/C15H19BrClN3O/c1-9-6-12(16)7-11(4-5-18)14(9)21-8-13-10(2)19-20(3)15(13)17/h6-7H,4-5,8,18H2,1-3H3. The molecule has 21 heavy (non-hydrogen) atoms. The number of aryl methyl sites for hydroxylation is 3. The molecule has 4 nitrogen and oxygen atoms in total. The van der Waals surface area contributed by atoms with Crippen molar-refractivity contribution in [3.63, 3.8) is 0 Å². The molecule has 0 saturated heterocycles. The lowest BCUT2D eigenvalue weighted by molar-refractivity contribution is 0.300. The lowest BCUT2D eigenvalue weighted by atomic mass is 10.1. The smallest absolute Gasteiger partial charge is 0.133 e. The van der Waals surface area contributed by atoms with E-state index >= 15 is 0 Å². The van der Waals surface area contributed by atoms with Crippen LogP contribution in [0.1, 0.15) is 22.4 Å². The number of nitrogens with zero attached hydrogens (tertiary/aromatic N) is 2. The molecule has 0 aliphatic rings. The van der Waals surface area contributed by atoms with Crippen molar-refractivity contribution < 1.29 is 4.74 Å². The third kappa shape index (κ3) is 3.59. The van der Waals surface area contributed by atoms with Crippen LogP contribution in [0, 0.1) is 13.8 Å². The highest BCUT2D eigenvalue weighted by Crippen LogP contribution is 2.30. The van der Waals surface area contributed by atoms with E-state index in [4.69, 9.17) is 22.1 Å². The molecule has 1 heterocycles. The highest BCUT2D eigenvalue weighted by molar-refractivity contribution is 9.10. The van der Waals surface area contributed by atoms with Crippen molar-refractivity contribution in [2.75, 3.05) is 6.54 Å². The first kappa shape index (κ1) is 16.3. The maximum atomic E-state index is 6.24. The third-order valence-electron chi connectivity index (χ3n) is 3.36. The van der Waals surface area contributed by atoms with Crippen LogP contribution in [-0.2, 0) is 20.1 Å². The maximum Gasteiger partial charge on any atom is 0.133 e. The Morgan fingerprint density at radius 2 is 2.10 bits per heavy atom. The fourth-order valence-electron chi connectivity index (χ4n) is 2.33. The summed E-state index contributed by atoms with van der Waals surface area (Å²) in [5.41, 5.74) is 9.66. The van der Waals surface area contributed by atoms with Gasteiger partial charge in [-0.1, -0.05) is 27.5 Å². The normalized spacial score (nSPS) is 11.0. The Labute approximate surface area is 138 Å². The molecule has 0 aliphatic carbocycles. The van der Waals surface area contributed by atoms with E-state index < -0.39 is 0 Å². The van der Waals surface area contributed by atoms with Gasteiger partial charge in [-0.25, -0.2) is 0 Å².